The van der Waals surface area contributed by atoms with E-state index in [1.807, 2.05) is 0 Å². The van der Waals surface area contributed by atoms with Crippen LogP contribution in [0.25, 0.3) is 0 Å². The summed E-state index contributed by atoms with van der Waals surface area (Å²) in [6.07, 6.45) is 1.94. The van der Waals surface area contributed by atoms with Crippen LogP contribution in [0.4, 0.5) is 0 Å². The van der Waals surface area contributed by atoms with Crippen molar-refractivity contribution < 1.29 is 9.84 Å². The molecule has 0 fully saturated rings. The smallest absolute Gasteiger partial charge is 0.0897 e. The number of aliphatic hydroxyl groups excluding tert-OH is 1. The molecule has 0 bridgehead atoms. The summed E-state index contributed by atoms with van der Waals surface area (Å²) in [6, 6.07) is 0.419. The summed E-state index contributed by atoms with van der Waals surface area (Å²) in [4.78, 5) is 2.19. The van der Waals surface area contributed by atoms with Crippen LogP contribution in [-0.2, 0) is 4.74 Å². The van der Waals surface area contributed by atoms with Gasteiger partial charge in [0.05, 0.1) is 18.8 Å². The van der Waals surface area contributed by atoms with E-state index in [2.05, 4.69) is 58.9 Å². The highest BCUT2D eigenvalue weighted by Crippen LogP contribution is 2.08. The highest BCUT2D eigenvalue weighted by Gasteiger charge is 2.15. The van der Waals surface area contributed by atoms with Gasteiger partial charge in [0, 0.05) is 19.1 Å². The zero-order valence-electron chi connectivity index (χ0n) is 15.2. The molecule has 0 saturated heterocycles. The summed E-state index contributed by atoms with van der Waals surface area (Å²) in [7, 11) is 4.17. The Kier molecular flexibility index (Phi) is 11.3. The standard InChI is InChI=1S/C17H38N2O2/c1-13(2)8-15(5)21-12-17(20)10-18-16(9-14(3)4)11-19(6)7/h13-18,20H,8-12H2,1-7H3. The molecule has 0 aliphatic carbocycles. The van der Waals surface area contributed by atoms with Crippen LogP contribution in [0.5, 0.6) is 0 Å². The molecule has 0 radical (unpaired) electrons. The molecule has 0 rings (SSSR count). The maximum absolute atomic E-state index is 10.0. The monoisotopic (exact) mass is 302 g/mol. The molecule has 3 atom stereocenters. The molecule has 21 heavy (non-hydrogen) atoms. The zero-order chi connectivity index (χ0) is 16.4. The second-order valence-corrected chi connectivity index (χ2v) is 7.42. The SMILES string of the molecule is CC(C)CC(CN(C)C)NCC(O)COC(C)CC(C)C. The first-order chi connectivity index (χ1) is 9.70. The van der Waals surface area contributed by atoms with Gasteiger partial charge in [0.15, 0.2) is 0 Å². The lowest BCUT2D eigenvalue weighted by molar-refractivity contribution is -0.00964. The van der Waals surface area contributed by atoms with Crippen molar-refractivity contribution in [2.45, 2.75) is 65.7 Å². The number of hydrogen-bond donors (Lipinski definition) is 2. The molecular formula is C17H38N2O2. The number of rotatable bonds is 12. The molecule has 0 heterocycles. The maximum Gasteiger partial charge on any atom is 0.0897 e. The Hall–Kier alpha value is -0.160. The number of likely N-dealkylation sites (N-methyl/N-ethyl adjacent to an activating group) is 1. The van der Waals surface area contributed by atoms with E-state index < -0.39 is 6.10 Å². The molecule has 4 nitrogen and oxygen atoms in total. The summed E-state index contributed by atoms with van der Waals surface area (Å²) in [5.74, 6) is 1.28. The van der Waals surface area contributed by atoms with E-state index in [1.54, 1.807) is 0 Å². The lowest BCUT2D eigenvalue weighted by Crippen LogP contribution is -2.43. The average molecular weight is 303 g/mol. The van der Waals surface area contributed by atoms with Gasteiger partial charge in [-0.25, -0.2) is 0 Å². The van der Waals surface area contributed by atoms with Gasteiger partial charge in [0.25, 0.3) is 0 Å². The summed E-state index contributed by atoms with van der Waals surface area (Å²) in [5, 5.41) is 13.5. The van der Waals surface area contributed by atoms with Crippen LogP contribution in [0.2, 0.25) is 0 Å². The van der Waals surface area contributed by atoms with Crippen molar-refractivity contribution >= 4 is 0 Å². The Morgan fingerprint density at radius 3 is 2.05 bits per heavy atom. The van der Waals surface area contributed by atoms with Gasteiger partial charge in [-0.3, -0.25) is 0 Å². The van der Waals surface area contributed by atoms with Gasteiger partial charge in [-0.05, 0) is 45.7 Å². The molecule has 0 amide bonds. The van der Waals surface area contributed by atoms with E-state index in [9.17, 15) is 5.11 Å². The second kappa shape index (κ2) is 11.4. The van der Waals surface area contributed by atoms with Crippen LogP contribution >= 0.6 is 0 Å². The average Bonchev–Trinajstić information content (AvgIpc) is 2.31. The molecule has 0 spiro atoms. The van der Waals surface area contributed by atoms with Crippen LogP contribution in [0, 0.1) is 11.8 Å². The van der Waals surface area contributed by atoms with Gasteiger partial charge in [0.1, 0.15) is 0 Å². The van der Waals surface area contributed by atoms with Crippen molar-refractivity contribution in [2.24, 2.45) is 11.8 Å². The Balaban J connectivity index is 3.97. The fourth-order valence-corrected chi connectivity index (χ4v) is 2.60. The van der Waals surface area contributed by atoms with Crippen molar-refractivity contribution in [3.05, 3.63) is 0 Å². The van der Waals surface area contributed by atoms with Crippen LogP contribution in [0.1, 0.15) is 47.5 Å². The predicted molar refractivity (Wildman–Crippen MR) is 90.7 cm³/mol. The maximum atomic E-state index is 10.0. The second-order valence-electron chi connectivity index (χ2n) is 7.42. The van der Waals surface area contributed by atoms with Crippen molar-refractivity contribution in [2.75, 3.05) is 33.8 Å². The topological polar surface area (TPSA) is 44.7 Å². The van der Waals surface area contributed by atoms with Gasteiger partial charge < -0.3 is 20.1 Å². The molecule has 0 aromatic heterocycles. The van der Waals surface area contributed by atoms with Gasteiger partial charge in [-0.2, -0.15) is 0 Å². The van der Waals surface area contributed by atoms with Crippen LogP contribution in [0.15, 0.2) is 0 Å². The van der Waals surface area contributed by atoms with E-state index in [4.69, 9.17) is 4.74 Å². The Morgan fingerprint density at radius 2 is 1.57 bits per heavy atom. The van der Waals surface area contributed by atoms with Gasteiger partial charge in [-0.1, -0.05) is 27.7 Å². The summed E-state index contributed by atoms with van der Waals surface area (Å²) < 4.78 is 5.71. The quantitative estimate of drug-likeness (QED) is 0.581. The Labute approximate surface area is 132 Å². The van der Waals surface area contributed by atoms with E-state index in [0.29, 0.717) is 31.0 Å². The minimum absolute atomic E-state index is 0.216. The molecule has 128 valence electrons. The largest absolute Gasteiger partial charge is 0.389 e. The van der Waals surface area contributed by atoms with E-state index in [0.717, 1.165) is 19.4 Å². The molecular weight excluding hydrogens is 264 g/mol. The number of nitrogens with zero attached hydrogens (tertiary/aromatic N) is 1. The summed E-state index contributed by atoms with van der Waals surface area (Å²) >= 11 is 0. The van der Waals surface area contributed by atoms with Gasteiger partial charge >= 0.3 is 0 Å². The van der Waals surface area contributed by atoms with Gasteiger partial charge in [0.2, 0.25) is 0 Å². The minimum atomic E-state index is -0.434. The third-order valence-corrected chi connectivity index (χ3v) is 3.36. The molecule has 0 saturated carbocycles. The summed E-state index contributed by atoms with van der Waals surface area (Å²) in [5.41, 5.74) is 0. The van der Waals surface area contributed by atoms with E-state index in [-0.39, 0.29) is 6.10 Å². The summed E-state index contributed by atoms with van der Waals surface area (Å²) in [6.45, 7) is 12.9. The van der Waals surface area contributed by atoms with Crippen molar-refractivity contribution in [1.82, 2.24) is 10.2 Å². The third kappa shape index (κ3) is 13.2. The zero-order valence-corrected chi connectivity index (χ0v) is 15.2. The molecule has 0 aromatic rings. The fourth-order valence-electron chi connectivity index (χ4n) is 2.60. The van der Waals surface area contributed by atoms with E-state index >= 15 is 0 Å². The number of hydrogen-bond acceptors (Lipinski definition) is 4. The molecule has 4 heteroatoms. The van der Waals surface area contributed by atoms with Crippen LogP contribution in [0.3, 0.4) is 0 Å². The number of ether oxygens (including phenoxy) is 1. The first kappa shape index (κ1) is 20.8. The highest BCUT2D eigenvalue weighted by atomic mass is 16.5. The normalized spacial score (nSPS) is 16.7. The first-order valence-corrected chi connectivity index (χ1v) is 8.38. The van der Waals surface area contributed by atoms with E-state index in [1.165, 1.54) is 0 Å². The molecule has 0 aromatic carbocycles. The Morgan fingerprint density at radius 1 is 1.00 bits per heavy atom. The lowest BCUT2D eigenvalue weighted by atomic mass is 10.0. The first-order valence-electron chi connectivity index (χ1n) is 8.38. The minimum Gasteiger partial charge on any atom is -0.389 e. The fraction of sp³-hybridized carbons (Fsp3) is 1.00. The van der Waals surface area contributed by atoms with Crippen LogP contribution < -0.4 is 5.32 Å². The van der Waals surface area contributed by atoms with Crippen LogP contribution in [-0.4, -0.2) is 62.0 Å². The van der Waals surface area contributed by atoms with Gasteiger partial charge in [-0.15, -0.1) is 0 Å². The lowest BCUT2D eigenvalue weighted by Gasteiger charge is -2.25. The molecule has 0 aliphatic heterocycles. The predicted octanol–water partition coefficient (Wildman–Crippen LogP) is 2.36. The number of nitrogens with one attached hydrogen (secondary N) is 1. The van der Waals surface area contributed by atoms with Crippen molar-refractivity contribution in [3.63, 3.8) is 0 Å². The molecule has 0 aliphatic rings. The molecule has 2 N–H and O–H groups in total. The van der Waals surface area contributed by atoms with Crippen molar-refractivity contribution in [1.29, 1.82) is 0 Å². The third-order valence-electron chi connectivity index (χ3n) is 3.36. The Bertz CT molecular complexity index is 235. The highest BCUT2D eigenvalue weighted by molar-refractivity contribution is 4.73. The molecule has 3 unspecified atom stereocenters. The van der Waals surface area contributed by atoms with Crippen molar-refractivity contribution in [3.8, 4) is 0 Å². The number of aliphatic hydroxyl groups is 1.